The van der Waals surface area contributed by atoms with Crippen molar-refractivity contribution in [3.8, 4) is 0 Å². The number of Topliss-reactive ketones (excluding diaryl/α,β-unsaturated/α-hetero) is 2. The first kappa shape index (κ1) is 13.1. The summed E-state index contributed by atoms with van der Waals surface area (Å²) in [4.78, 5) is 23.7. The average Bonchev–Trinajstić information content (AvgIpc) is 2.65. The molecule has 100 valence electrons. The Morgan fingerprint density at radius 1 is 0.850 bits per heavy atom. The number of hydrogen-bond donors (Lipinski definition) is 0. The topological polar surface area (TPSA) is 34.1 Å². The summed E-state index contributed by atoms with van der Waals surface area (Å²) in [6, 6.07) is 12.3. The van der Waals surface area contributed by atoms with Crippen LogP contribution in [0.3, 0.4) is 0 Å². The van der Waals surface area contributed by atoms with Crippen LogP contribution in [0.15, 0.2) is 42.5 Å². The minimum Gasteiger partial charge on any atom is -0.291 e. The van der Waals surface area contributed by atoms with Crippen LogP contribution in [0.4, 0.5) is 0 Å². The normalized spacial score (nSPS) is 16.4. The zero-order chi connectivity index (χ0) is 14.5. The smallest absolute Gasteiger partial charge is 0.196 e. The summed E-state index contributed by atoms with van der Waals surface area (Å²) in [5.74, 6) is -0.651. The summed E-state index contributed by atoms with van der Waals surface area (Å²) in [7, 11) is 0. The van der Waals surface area contributed by atoms with Crippen LogP contribution in [-0.2, 0) is 4.87 Å². The van der Waals surface area contributed by atoms with Crippen LogP contribution in [0.25, 0.3) is 0 Å². The number of fused-ring (bicyclic) bond motifs is 1. The molecule has 0 amide bonds. The maximum atomic E-state index is 12.6. The Bertz CT molecular complexity index is 711. The molecule has 1 aliphatic carbocycles. The number of carbonyl (C=O) groups excluding carboxylic acids is 2. The molecule has 1 aliphatic rings. The van der Waals surface area contributed by atoms with Crippen LogP contribution in [0.5, 0.6) is 0 Å². The molecular weight excluding hydrogens is 272 g/mol. The molecule has 0 N–H and O–H groups in total. The van der Waals surface area contributed by atoms with Crippen molar-refractivity contribution in [2.75, 3.05) is 0 Å². The third-order valence-corrected chi connectivity index (χ3v) is 4.56. The predicted octanol–water partition coefficient (Wildman–Crippen LogP) is 3.82. The first-order valence-corrected chi connectivity index (χ1v) is 6.80. The molecule has 0 bridgehead atoms. The Labute approximate surface area is 122 Å². The summed E-state index contributed by atoms with van der Waals surface area (Å²) in [6.45, 7) is 3.83. The third kappa shape index (κ3) is 1.52. The zero-order valence-corrected chi connectivity index (χ0v) is 12.0. The Morgan fingerprint density at radius 2 is 1.40 bits per heavy atom. The highest BCUT2D eigenvalue weighted by atomic mass is 35.5. The zero-order valence-electron chi connectivity index (χ0n) is 11.2. The largest absolute Gasteiger partial charge is 0.291 e. The van der Waals surface area contributed by atoms with E-state index in [0.717, 1.165) is 11.1 Å². The lowest BCUT2D eigenvalue weighted by molar-refractivity contribution is 0.0860. The Hall–Kier alpha value is -1.93. The van der Waals surface area contributed by atoms with Gasteiger partial charge in [-0.05, 0) is 30.5 Å². The van der Waals surface area contributed by atoms with Gasteiger partial charge in [-0.1, -0.05) is 54.1 Å². The SMILES string of the molecule is Cc1cccc(C2(Cl)C(=O)c3ccccc3C2=O)c1C. The summed E-state index contributed by atoms with van der Waals surface area (Å²) in [6.07, 6.45) is 0. The molecule has 3 heteroatoms. The number of halogens is 1. The molecule has 3 rings (SSSR count). The lowest BCUT2D eigenvalue weighted by Gasteiger charge is -2.21. The van der Waals surface area contributed by atoms with E-state index in [2.05, 4.69) is 0 Å². The highest BCUT2D eigenvalue weighted by molar-refractivity contribution is 6.54. The Balaban J connectivity index is 2.27. The fourth-order valence-corrected chi connectivity index (χ4v) is 3.13. The second kappa shape index (κ2) is 4.29. The van der Waals surface area contributed by atoms with Gasteiger partial charge in [0, 0.05) is 11.1 Å². The maximum Gasteiger partial charge on any atom is 0.196 e. The molecule has 0 aliphatic heterocycles. The predicted molar refractivity (Wildman–Crippen MR) is 78.6 cm³/mol. The number of rotatable bonds is 1. The minimum atomic E-state index is -1.61. The van der Waals surface area contributed by atoms with Crippen LogP contribution in [0.2, 0.25) is 0 Å². The van der Waals surface area contributed by atoms with Crippen LogP contribution in [0.1, 0.15) is 37.4 Å². The molecule has 0 aromatic heterocycles. The number of carbonyl (C=O) groups is 2. The van der Waals surface area contributed by atoms with Crippen LogP contribution in [-0.4, -0.2) is 11.6 Å². The molecule has 20 heavy (non-hydrogen) atoms. The summed E-state index contributed by atoms with van der Waals surface area (Å²) < 4.78 is 0. The van der Waals surface area contributed by atoms with Gasteiger partial charge in [0.1, 0.15) is 0 Å². The molecule has 0 unspecified atom stereocenters. The summed E-state index contributed by atoms with van der Waals surface area (Å²) >= 11 is 6.54. The van der Waals surface area contributed by atoms with Gasteiger partial charge in [-0.15, -0.1) is 0 Å². The molecule has 0 atom stereocenters. The average molecular weight is 285 g/mol. The van der Waals surface area contributed by atoms with E-state index in [9.17, 15) is 9.59 Å². The molecule has 2 aromatic carbocycles. The third-order valence-electron chi connectivity index (χ3n) is 4.02. The van der Waals surface area contributed by atoms with Gasteiger partial charge in [0.15, 0.2) is 16.4 Å². The van der Waals surface area contributed by atoms with E-state index in [0.29, 0.717) is 16.7 Å². The molecule has 0 heterocycles. The molecule has 0 saturated carbocycles. The van der Waals surface area contributed by atoms with Crippen molar-refractivity contribution in [1.29, 1.82) is 0 Å². The highest BCUT2D eigenvalue weighted by Crippen LogP contribution is 2.44. The molecule has 0 spiro atoms. The molecule has 0 radical (unpaired) electrons. The first-order chi connectivity index (χ1) is 9.48. The molecule has 2 nitrogen and oxygen atoms in total. The fraction of sp³-hybridized carbons (Fsp3) is 0.176. The Morgan fingerprint density at radius 3 is 1.95 bits per heavy atom. The molecule has 0 fully saturated rings. The van der Waals surface area contributed by atoms with Crippen molar-refractivity contribution in [1.82, 2.24) is 0 Å². The van der Waals surface area contributed by atoms with E-state index >= 15 is 0 Å². The van der Waals surface area contributed by atoms with E-state index < -0.39 is 4.87 Å². The number of ketones is 2. The van der Waals surface area contributed by atoms with E-state index in [1.807, 2.05) is 26.0 Å². The summed E-state index contributed by atoms with van der Waals surface area (Å²) in [5.41, 5.74) is 3.31. The van der Waals surface area contributed by atoms with Crippen LogP contribution < -0.4 is 0 Å². The first-order valence-electron chi connectivity index (χ1n) is 6.42. The van der Waals surface area contributed by atoms with Crippen molar-refractivity contribution in [3.05, 3.63) is 70.3 Å². The number of hydrogen-bond acceptors (Lipinski definition) is 2. The lowest BCUT2D eigenvalue weighted by atomic mass is 9.88. The van der Waals surface area contributed by atoms with Crippen LogP contribution in [0, 0.1) is 13.8 Å². The van der Waals surface area contributed by atoms with Gasteiger partial charge in [-0.2, -0.15) is 0 Å². The van der Waals surface area contributed by atoms with Gasteiger partial charge < -0.3 is 0 Å². The van der Waals surface area contributed by atoms with Gasteiger partial charge in [0.2, 0.25) is 0 Å². The second-order valence-corrected chi connectivity index (χ2v) is 5.68. The quantitative estimate of drug-likeness (QED) is 0.589. The van der Waals surface area contributed by atoms with Crippen molar-refractivity contribution in [2.45, 2.75) is 18.7 Å². The second-order valence-electron chi connectivity index (χ2n) is 5.11. The van der Waals surface area contributed by atoms with Gasteiger partial charge in [0.25, 0.3) is 0 Å². The van der Waals surface area contributed by atoms with Crippen molar-refractivity contribution < 1.29 is 9.59 Å². The summed E-state index contributed by atoms with van der Waals surface area (Å²) in [5, 5.41) is 0. The number of alkyl halides is 1. The van der Waals surface area contributed by atoms with Gasteiger partial charge >= 0.3 is 0 Å². The number of aryl methyl sites for hydroxylation is 1. The molecule has 2 aromatic rings. The monoisotopic (exact) mass is 284 g/mol. The fourth-order valence-electron chi connectivity index (χ4n) is 2.72. The van der Waals surface area contributed by atoms with E-state index in [4.69, 9.17) is 11.6 Å². The minimum absolute atomic E-state index is 0.325. The van der Waals surface area contributed by atoms with Gasteiger partial charge in [0.05, 0.1) is 0 Å². The lowest BCUT2D eigenvalue weighted by Crippen LogP contribution is -2.33. The van der Waals surface area contributed by atoms with Gasteiger partial charge in [-0.25, -0.2) is 0 Å². The molecule has 0 saturated heterocycles. The van der Waals surface area contributed by atoms with E-state index in [1.54, 1.807) is 30.3 Å². The number of benzene rings is 2. The molecular formula is C17H13ClO2. The van der Waals surface area contributed by atoms with Crippen molar-refractivity contribution in [2.24, 2.45) is 0 Å². The van der Waals surface area contributed by atoms with E-state index in [-0.39, 0.29) is 11.6 Å². The Kier molecular flexibility index (Phi) is 2.80. The maximum absolute atomic E-state index is 12.6. The highest BCUT2D eigenvalue weighted by Gasteiger charge is 2.53. The van der Waals surface area contributed by atoms with Crippen molar-refractivity contribution >= 4 is 23.2 Å². The van der Waals surface area contributed by atoms with E-state index in [1.165, 1.54) is 0 Å². The van der Waals surface area contributed by atoms with Gasteiger partial charge in [-0.3, -0.25) is 9.59 Å². The van der Waals surface area contributed by atoms with Crippen LogP contribution >= 0.6 is 11.6 Å². The van der Waals surface area contributed by atoms with Crippen molar-refractivity contribution in [3.63, 3.8) is 0 Å². The standard InChI is InChI=1S/C17H13ClO2/c1-10-6-5-9-14(11(10)2)17(18)15(19)12-7-3-4-8-13(12)16(17)20/h3-9H,1-2H3.